The molecule has 2 amide bonds. The van der Waals surface area contributed by atoms with E-state index in [0.717, 1.165) is 30.6 Å². The van der Waals surface area contributed by atoms with Crippen molar-refractivity contribution in [3.63, 3.8) is 0 Å². The summed E-state index contributed by atoms with van der Waals surface area (Å²) in [6, 6.07) is 4.06. The molecule has 0 radical (unpaired) electrons. The van der Waals surface area contributed by atoms with Gasteiger partial charge in [-0.25, -0.2) is 9.78 Å². The highest BCUT2D eigenvalue weighted by Gasteiger charge is 2.36. The van der Waals surface area contributed by atoms with Crippen LogP contribution in [0, 0.1) is 0 Å². The number of β-amino-alcohol motifs (C(OH)–C–C–N with tert-alkyl or cyclic N) is 1. The van der Waals surface area contributed by atoms with E-state index in [9.17, 15) is 9.90 Å². The molecule has 0 spiro atoms. The summed E-state index contributed by atoms with van der Waals surface area (Å²) in [6.45, 7) is 9.93. The molecule has 1 saturated heterocycles. The molecule has 29 heavy (non-hydrogen) atoms. The number of aliphatic hydroxyl groups is 1. The number of rotatable bonds is 6. The minimum atomic E-state index is -0.750. The van der Waals surface area contributed by atoms with Crippen LogP contribution in [0.3, 0.4) is 0 Å². The Morgan fingerprint density at radius 3 is 2.69 bits per heavy atom. The molecule has 2 aromatic rings. The van der Waals surface area contributed by atoms with Crippen LogP contribution in [-0.2, 0) is 0 Å². The molecule has 1 aliphatic heterocycles. The van der Waals surface area contributed by atoms with Crippen molar-refractivity contribution in [2.45, 2.75) is 58.2 Å². The summed E-state index contributed by atoms with van der Waals surface area (Å²) in [5.41, 5.74) is 0.994. The number of amides is 2. The smallest absolute Gasteiger partial charge is 0.323 e. The number of carbonyl (C=O) groups excluding carboxylic acids is 1. The summed E-state index contributed by atoms with van der Waals surface area (Å²) in [7, 11) is 0. The number of pyridine rings is 1. The second kappa shape index (κ2) is 9.19. The number of hydrogen-bond acceptors (Lipinski definition) is 6. The standard InChI is InChI=1S/C21H31N5O2S/c1-5-16-12-26(17(6-2)11-25(16)14-21(3,4)28)20(27)24-19-23-18(13-29-19)15-8-7-9-22-10-15/h7-10,13,16-17,28H,5-6,11-12,14H2,1-4H3,(H,23,24,27)/t16-,17-/m0/s1. The number of urea groups is 1. The van der Waals surface area contributed by atoms with E-state index in [1.165, 1.54) is 11.3 Å². The Morgan fingerprint density at radius 1 is 1.31 bits per heavy atom. The van der Waals surface area contributed by atoms with Crippen molar-refractivity contribution in [3.05, 3.63) is 29.9 Å². The van der Waals surface area contributed by atoms with Gasteiger partial charge in [-0.3, -0.25) is 15.2 Å². The van der Waals surface area contributed by atoms with Gasteiger partial charge in [0.15, 0.2) is 5.13 Å². The first kappa shape index (κ1) is 21.7. The van der Waals surface area contributed by atoms with Gasteiger partial charge in [-0.1, -0.05) is 13.8 Å². The molecule has 7 nitrogen and oxygen atoms in total. The van der Waals surface area contributed by atoms with Gasteiger partial charge in [0.2, 0.25) is 0 Å². The van der Waals surface area contributed by atoms with Crippen LogP contribution in [0.25, 0.3) is 11.3 Å². The fraction of sp³-hybridized carbons (Fsp3) is 0.571. The maximum atomic E-state index is 13.0. The molecule has 0 bridgehead atoms. The van der Waals surface area contributed by atoms with E-state index >= 15 is 0 Å². The van der Waals surface area contributed by atoms with Gasteiger partial charge < -0.3 is 10.0 Å². The van der Waals surface area contributed by atoms with Crippen molar-refractivity contribution >= 4 is 22.5 Å². The second-order valence-corrected chi connectivity index (χ2v) is 9.09. The van der Waals surface area contributed by atoms with Crippen LogP contribution in [-0.4, -0.2) is 68.2 Å². The van der Waals surface area contributed by atoms with E-state index in [-0.39, 0.29) is 18.1 Å². The van der Waals surface area contributed by atoms with Gasteiger partial charge in [-0.15, -0.1) is 11.3 Å². The third-order valence-corrected chi connectivity index (χ3v) is 6.04. The lowest BCUT2D eigenvalue weighted by Gasteiger charge is -2.47. The lowest BCUT2D eigenvalue weighted by atomic mass is 10.00. The first-order valence-electron chi connectivity index (χ1n) is 10.2. The van der Waals surface area contributed by atoms with E-state index < -0.39 is 5.60 Å². The predicted molar refractivity (Wildman–Crippen MR) is 117 cm³/mol. The number of anilines is 1. The SMILES string of the molecule is CC[C@H]1CN(C(=O)Nc2nc(-c3cccnc3)cs2)[C@@H](CC)CN1CC(C)(C)O. The Labute approximate surface area is 176 Å². The fourth-order valence-corrected chi connectivity index (χ4v) is 4.54. The first-order chi connectivity index (χ1) is 13.8. The van der Waals surface area contributed by atoms with Gasteiger partial charge in [0, 0.05) is 55.1 Å². The Hall–Kier alpha value is -2.03. The molecule has 3 rings (SSSR count). The molecule has 2 aromatic heterocycles. The molecule has 2 N–H and O–H groups in total. The maximum Gasteiger partial charge on any atom is 0.323 e. The summed E-state index contributed by atoms with van der Waals surface area (Å²) >= 11 is 1.42. The Morgan fingerprint density at radius 2 is 2.07 bits per heavy atom. The summed E-state index contributed by atoms with van der Waals surface area (Å²) in [6.07, 6.45) is 5.29. The van der Waals surface area contributed by atoms with Crippen molar-refractivity contribution in [1.82, 2.24) is 19.8 Å². The number of piperazine rings is 1. The number of nitrogens with zero attached hydrogens (tertiary/aromatic N) is 4. The van der Waals surface area contributed by atoms with Crippen LogP contribution >= 0.6 is 11.3 Å². The number of thiazole rings is 1. The van der Waals surface area contributed by atoms with Crippen molar-refractivity contribution in [1.29, 1.82) is 0 Å². The van der Waals surface area contributed by atoms with Gasteiger partial charge in [0.05, 0.1) is 11.3 Å². The molecule has 1 aliphatic rings. The van der Waals surface area contributed by atoms with E-state index in [1.54, 1.807) is 12.4 Å². The highest BCUT2D eigenvalue weighted by molar-refractivity contribution is 7.14. The third kappa shape index (κ3) is 5.52. The number of hydrogen-bond donors (Lipinski definition) is 2. The molecule has 158 valence electrons. The minimum absolute atomic E-state index is 0.106. The average molecular weight is 418 g/mol. The second-order valence-electron chi connectivity index (χ2n) is 8.23. The molecule has 1 fully saturated rings. The molecule has 0 aliphatic carbocycles. The Kier molecular flexibility index (Phi) is 6.87. The zero-order chi connectivity index (χ0) is 21.0. The van der Waals surface area contributed by atoms with E-state index in [1.807, 2.05) is 36.3 Å². The molecule has 3 heterocycles. The van der Waals surface area contributed by atoms with Gasteiger partial charge in [-0.2, -0.15) is 0 Å². The Balaban J connectivity index is 1.69. The molecule has 0 unspecified atom stereocenters. The van der Waals surface area contributed by atoms with Gasteiger partial charge in [0.25, 0.3) is 0 Å². The summed E-state index contributed by atoms with van der Waals surface area (Å²) in [5.74, 6) is 0. The number of aromatic nitrogens is 2. The van der Waals surface area contributed by atoms with Crippen molar-refractivity contribution in [2.24, 2.45) is 0 Å². The van der Waals surface area contributed by atoms with Crippen LogP contribution < -0.4 is 5.32 Å². The summed E-state index contributed by atoms with van der Waals surface area (Å²) in [4.78, 5) is 26.0. The first-order valence-corrected chi connectivity index (χ1v) is 11.1. The molecular weight excluding hydrogens is 386 g/mol. The predicted octanol–water partition coefficient (Wildman–Crippen LogP) is 3.68. The van der Waals surface area contributed by atoms with Gasteiger partial charge >= 0.3 is 6.03 Å². The number of nitrogens with one attached hydrogen (secondary N) is 1. The lowest BCUT2D eigenvalue weighted by molar-refractivity contribution is -0.0173. The summed E-state index contributed by atoms with van der Waals surface area (Å²) in [5, 5.41) is 15.8. The largest absolute Gasteiger partial charge is 0.389 e. The highest BCUT2D eigenvalue weighted by atomic mass is 32.1. The minimum Gasteiger partial charge on any atom is -0.389 e. The van der Waals surface area contributed by atoms with Crippen LogP contribution in [0.2, 0.25) is 0 Å². The van der Waals surface area contributed by atoms with Gasteiger partial charge in [-0.05, 0) is 38.8 Å². The summed E-state index contributed by atoms with van der Waals surface area (Å²) < 4.78 is 0. The lowest BCUT2D eigenvalue weighted by Crippen LogP contribution is -2.62. The monoisotopic (exact) mass is 417 g/mol. The van der Waals surface area contributed by atoms with Crippen LogP contribution in [0.4, 0.5) is 9.93 Å². The fourth-order valence-electron chi connectivity index (χ4n) is 3.83. The van der Waals surface area contributed by atoms with Crippen LogP contribution in [0.1, 0.15) is 40.5 Å². The molecular formula is C21H31N5O2S. The topological polar surface area (TPSA) is 81.6 Å². The zero-order valence-electron chi connectivity index (χ0n) is 17.6. The molecule has 8 heteroatoms. The Bertz CT molecular complexity index is 805. The van der Waals surface area contributed by atoms with Crippen molar-refractivity contribution in [2.75, 3.05) is 25.0 Å². The normalized spacial score (nSPS) is 20.7. The maximum absolute atomic E-state index is 13.0. The molecule has 0 saturated carbocycles. The van der Waals surface area contributed by atoms with Crippen molar-refractivity contribution in [3.8, 4) is 11.3 Å². The third-order valence-electron chi connectivity index (χ3n) is 5.28. The quantitative estimate of drug-likeness (QED) is 0.749. The van der Waals surface area contributed by atoms with Gasteiger partial charge in [0.1, 0.15) is 0 Å². The van der Waals surface area contributed by atoms with E-state index in [0.29, 0.717) is 18.2 Å². The van der Waals surface area contributed by atoms with Crippen LogP contribution in [0.5, 0.6) is 0 Å². The van der Waals surface area contributed by atoms with Crippen molar-refractivity contribution < 1.29 is 9.90 Å². The highest BCUT2D eigenvalue weighted by Crippen LogP contribution is 2.26. The van der Waals surface area contributed by atoms with Crippen LogP contribution in [0.15, 0.2) is 29.9 Å². The van der Waals surface area contributed by atoms with E-state index in [4.69, 9.17) is 0 Å². The zero-order valence-corrected chi connectivity index (χ0v) is 18.4. The molecule has 2 atom stereocenters. The number of carbonyl (C=O) groups is 1. The van der Waals surface area contributed by atoms with E-state index in [2.05, 4.69) is 34.0 Å². The molecule has 0 aromatic carbocycles. The average Bonchev–Trinajstić information content (AvgIpc) is 3.15.